The maximum absolute atomic E-state index is 12.3. The average molecular weight is 481 g/mol. The van der Waals surface area contributed by atoms with Crippen LogP contribution in [0.5, 0.6) is 0 Å². The number of nitrogens with two attached hydrogens (primary N) is 1. The highest BCUT2D eigenvalue weighted by Gasteiger charge is 2.25. The van der Waals surface area contributed by atoms with Gasteiger partial charge >= 0.3 is 0 Å². The summed E-state index contributed by atoms with van der Waals surface area (Å²) < 4.78 is 0. The van der Waals surface area contributed by atoms with Gasteiger partial charge in [0.25, 0.3) is 17.7 Å². The first kappa shape index (κ1) is 27.5. The Morgan fingerprint density at radius 1 is 0.857 bits per heavy atom. The van der Waals surface area contributed by atoms with Crippen molar-refractivity contribution in [2.24, 2.45) is 5.73 Å². The Labute approximate surface area is 205 Å². The molecule has 3 amide bonds. The molecule has 9 heteroatoms. The zero-order valence-electron chi connectivity index (χ0n) is 19.7. The second-order valence-corrected chi connectivity index (χ2v) is 8.03. The van der Waals surface area contributed by atoms with Crippen LogP contribution in [0.1, 0.15) is 64.4 Å². The van der Waals surface area contributed by atoms with E-state index in [1.165, 1.54) is 12.4 Å². The fraction of sp³-hybridized carbons (Fsp3) is 0.346. The summed E-state index contributed by atoms with van der Waals surface area (Å²) in [6, 6.07) is 12.1. The lowest BCUT2D eigenvalue weighted by Crippen LogP contribution is -2.51. The van der Waals surface area contributed by atoms with Crippen LogP contribution in [-0.4, -0.2) is 53.3 Å². The molecule has 0 fully saturated rings. The van der Waals surface area contributed by atoms with Gasteiger partial charge in [0, 0.05) is 28.8 Å². The van der Waals surface area contributed by atoms with Crippen LogP contribution < -0.4 is 21.8 Å². The number of hydrogen-bond acceptors (Lipinski definition) is 6. The quantitative estimate of drug-likeness (QED) is 0.123. The molecular weight excluding hydrogens is 448 g/mol. The molecule has 0 spiro atoms. The molecule has 35 heavy (non-hydrogen) atoms. The number of benzene rings is 2. The van der Waals surface area contributed by atoms with E-state index in [1.54, 1.807) is 48.5 Å². The third kappa shape index (κ3) is 9.22. The molecule has 186 valence electrons. The largest absolute Gasteiger partial charge is 0.391 e. The van der Waals surface area contributed by atoms with E-state index in [9.17, 15) is 19.5 Å². The van der Waals surface area contributed by atoms with Crippen molar-refractivity contribution in [1.29, 1.82) is 0 Å². The van der Waals surface area contributed by atoms with E-state index in [2.05, 4.69) is 22.5 Å². The number of hydroxylamine groups is 1. The molecule has 0 bridgehead atoms. The standard InChI is InChI=1S/C26H32N4O5/c1-18(31)23(26(34)30-35)29-25(33)22-14-10-20(11-15-22)7-6-19-8-12-21(13-9-19)24(32)28-17-5-3-2-4-16-27/h8-15,18,23,31,35H,2-5,16-17,27H2,1H3,(H,28,32)(H,29,33)(H,30,34)/t18-,23+/m1/s1. The molecule has 0 aliphatic rings. The molecule has 7 N–H and O–H groups in total. The van der Waals surface area contributed by atoms with Crippen LogP contribution in [-0.2, 0) is 4.79 Å². The molecule has 2 rings (SSSR count). The van der Waals surface area contributed by atoms with Gasteiger partial charge in [0.2, 0.25) is 0 Å². The lowest BCUT2D eigenvalue weighted by Gasteiger charge is -2.19. The molecule has 2 atom stereocenters. The molecule has 0 radical (unpaired) electrons. The number of aliphatic hydroxyl groups excluding tert-OH is 1. The highest BCUT2D eigenvalue weighted by Crippen LogP contribution is 2.07. The summed E-state index contributed by atoms with van der Waals surface area (Å²) in [5.74, 6) is 4.39. The summed E-state index contributed by atoms with van der Waals surface area (Å²) in [4.78, 5) is 36.1. The Balaban J connectivity index is 1.91. The van der Waals surface area contributed by atoms with Gasteiger partial charge in [-0.1, -0.05) is 24.7 Å². The van der Waals surface area contributed by atoms with Crippen molar-refractivity contribution in [2.45, 2.75) is 44.8 Å². The van der Waals surface area contributed by atoms with E-state index < -0.39 is 24.0 Å². The van der Waals surface area contributed by atoms with Gasteiger partial charge < -0.3 is 21.5 Å². The van der Waals surface area contributed by atoms with Crippen LogP contribution >= 0.6 is 0 Å². The molecule has 2 aromatic rings. The number of rotatable bonds is 11. The molecule has 0 aliphatic heterocycles. The van der Waals surface area contributed by atoms with E-state index in [-0.39, 0.29) is 11.5 Å². The highest BCUT2D eigenvalue weighted by atomic mass is 16.5. The number of carbonyl (C=O) groups excluding carboxylic acids is 3. The first-order chi connectivity index (χ1) is 16.8. The molecule has 0 saturated carbocycles. The first-order valence-electron chi connectivity index (χ1n) is 11.5. The zero-order chi connectivity index (χ0) is 25.6. The fourth-order valence-corrected chi connectivity index (χ4v) is 3.18. The van der Waals surface area contributed by atoms with Gasteiger partial charge in [0.1, 0.15) is 6.04 Å². The summed E-state index contributed by atoms with van der Waals surface area (Å²) in [6.45, 7) is 2.65. The maximum atomic E-state index is 12.3. The summed E-state index contributed by atoms with van der Waals surface area (Å²) in [6.07, 6.45) is 2.85. The predicted octanol–water partition coefficient (Wildman–Crippen LogP) is 1.32. The van der Waals surface area contributed by atoms with Crippen LogP contribution in [0.25, 0.3) is 0 Å². The van der Waals surface area contributed by atoms with Gasteiger partial charge in [-0.3, -0.25) is 19.6 Å². The Morgan fingerprint density at radius 2 is 1.37 bits per heavy atom. The Kier molecular flexibility index (Phi) is 11.4. The van der Waals surface area contributed by atoms with Crippen molar-refractivity contribution in [3.63, 3.8) is 0 Å². The molecule has 0 unspecified atom stereocenters. The van der Waals surface area contributed by atoms with Crippen LogP contribution in [0.2, 0.25) is 0 Å². The van der Waals surface area contributed by atoms with Gasteiger partial charge in [0.15, 0.2) is 0 Å². The minimum atomic E-state index is -1.29. The van der Waals surface area contributed by atoms with E-state index >= 15 is 0 Å². The molecule has 9 nitrogen and oxygen atoms in total. The van der Waals surface area contributed by atoms with Crippen LogP contribution in [0.4, 0.5) is 0 Å². The third-order valence-corrected chi connectivity index (χ3v) is 5.22. The number of unbranched alkanes of at least 4 members (excludes halogenated alkanes) is 3. The highest BCUT2D eigenvalue weighted by molar-refractivity contribution is 5.97. The van der Waals surface area contributed by atoms with E-state index in [4.69, 9.17) is 10.9 Å². The lowest BCUT2D eigenvalue weighted by atomic mass is 10.1. The molecule has 0 aliphatic carbocycles. The monoisotopic (exact) mass is 480 g/mol. The number of aliphatic hydroxyl groups is 1. The molecule has 2 aromatic carbocycles. The van der Waals surface area contributed by atoms with E-state index in [1.807, 2.05) is 0 Å². The third-order valence-electron chi connectivity index (χ3n) is 5.22. The topological polar surface area (TPSA) is 154 Å². The van der Waals surface area contributed by atoms with Gasteiger partial charge in [-0.15, -0.1) is 0 Å². The minimum absolute atomic E-state index is 0.119. The van der Waals surface area contributed by atoms with Crippen molar-refractivity contribution < 1.29 is 24.7 Å². The first-order valence-corrected chi connectivity index (χ1v) is 11.5. The van der Waals surface area contributed by atoms with E-state index in [0.29, 0.717) is 24.2 Å². The minimum Gasteiger partial charge on any atom is -0.391 e. The number of hydrogen-bond donors (Lipinski definition) is 6. The van der Waals surface area contributed by atoms with Gasteiger partial charge in [0.05, 0.1) is 6.10 Å². The second kappa shape index (κ2) is 14.5. The maximum Gasteiger partial charge on any atom is 0.268 e. The summed E-state index contributed by atoms with van der Waals surface area (Å²) in [5, 5.41) is 23.6. The molecular formula is C26H32N4O5. The van der Waals surface area contributed by atoms with Crippen LogP contribution in [0, 0.1) is 11.8 Å². The second-order valence-electron chi connectivity index (χ2n) is 8.03. The number of carbonyl (C=O) groups is 3. The number of nitrogens with one attached hydrogen (secondary N) is 3. The van der Waals surface area contributed by atoms with Gasteiger partial charge in [-0.25, -0.2) is 5.48 Å². The summed E-state index contributed by atoms with van der Waals surface area (Å²) >= 11 is 0. The lowest BCUT2D eigenvalue weighted by molar-refractivity contribution is -0.133. The predicted molar refractivity (Wildman–Crippen MR) is 132 cm³/mol. The smallest absolute Gasteiger partial charge is 0.268 e. The van der Waals surface area contributed by atoms with Gasteiger partial charge in [-0.05, 0) is 74.8 Å². The Bertz CT molecular complexity index is 1040. The zero-order valence-corrected chi connectivity index (χ0v) is 19.7. The van der Waals surface area contributed by atoms with Crippen LogP contribution in [0.3, 0.4) is 0 Å². The van der Waals surface area contributed by atoms with Crippen LogP contribution in [0.15, 0.2) is 48.5 Å². The molecule has 0 saturated heterocycles. The van der Waals surface area contributed by atoms with Crippen molar-refractivity contribution in [2.75, 3.05) is 13.1 Å². The van der Waals surface area contributed by atoms with Crippen molar-refractivity contribution in [3.05, 3.63) is 70.8 Å². The fourth-order valence-electron chi connectivity index (χ4n) is 3.18. The Hall–Kier alpha value is -3.71. The van der Waals surface area contributed by atoms with Crippen molar-refractivity contribution in [1.82, 2.24) is 16.1 Å². The van der Waals surface area contributed by atoms with E-state index in [0.717, 1.165) is 31.2 Å². The Morgan fingerprint density at radius 3 is 1.86 bits per heavy atom. The van der Waals surface area contributed by atoms with Crippen molar-refractivity contribution >= 4 is 17.7 Å². The SMILES string of the molecule is C[C@@H](O)[C@H](NC(=O)c1ccc(C#Cc2ccc(C(=O)NCCCCCCN)cc2)cc1)C(=O)NO. The molecule has 0 aromatic heterocycles. The summed E-state index contributed by atoms with van der Waals surface area (Å²) in [5.41, 5.74) is 9.12. The number of amides is 3. The van der Waals surface area contributed by atoms with Gasteiger partial charge in [-0.2, -0.15) is 0 Å². The average Bonchev–Trinajstić information content (AvgIpc) is 2.87. The van der Waals surface area contributed by atoms with Crippen molar-refractivity contribution in [3.8, 4) is 11.8 Å². The summed E-state index contributed by atoms with van der Waals surface area (Å²) in [7, 11) is 0. The molecule has 0 heterocycles. The normalized spacial score (nSPS) is 12.0.